The van der Waals surface area contributed by atoms with E-state index in [-0.39, 0.29) is 5.91 Å². The van der Waals surface area contributed by atoms with E-state index >= 15 is 0 Å². The van der Waals surface area contributed by atoms with Gasteiger partial charge in [-0.05, 0) is 5.39 Å². The summed E-state index contributed by atoms with van der Waals surface area (Å²) in [5.41, 5.74) is 1.79. The number of carbonyl (C=O) groups excluding carboxylic acids is 1. The Morgan fingerprint density at radius 1 is 1.13 bits per heavy atom. The number of fused-ring (bicyclic) bond motifs is 1. The number of carbonyl (C=O) groups is 2. The third-order valence-corrected chi connectivity index (χ3v) is 5.87. The van der Waals surface area contributed by atoms with Crippen LogP contribution in [0.3, 0.4) is 0 Å². The molecule has 0 aromatic heterocycles. The van der Waals surface area contributed by atoms with Gasteiger partial charge >= 0.3 is 143 Å². The van der Waals surface area contributed by atoms with Crippen LogP contribution in [0.2, 0.25) is 0 Å². The molecule has 0 saturated heterocycles. The Bertz CT molecular complexity index is 1190. The fourth-order valence-electron chi connectivity index (χ4n) is 2.89. The van der Waals surface area contributed by atoms with Crippen LogP contribution in [0.4, 0.5) is 5.69 Å². The van der Waals surface area contributed by atoms with Crippen molar-refractivity contribution in [2.45, 2.75) is 6.92 Å². The Kier molecular flexibility index (Phi) is 7.92. The fraction of sp³-hybridized carbons (Fsp3) is 0.0870. The van der Waals surface area contributed by atoms with Gasteiger partial charge in [0.05, 0.1) is 7.11 Å². The monoisotopic (exact) mass is 442 g/mol. The molecule has 31 heavy (non-hydrogen) atoms. The molecule has 0 fully saturated rings. The van der Waals surface area contributed by atoms with E-state index in [9.17, 15) is 4.79 Å². The van der Waals surface area contributed by atoms with E-state index in [2.05, 4.69) is 22.4 Å². The number of benzene rings is 3. The zero-order valence-corrected chi connectivity index (χ0v) is 20.2. The third kappa shape index (κ3) is 6.45. The predicted octanol–water partition coefficient (Wildman–Crippen LogP) is 3.82. The molecule has 1 aliphatic heterocycles. The Hall–Kier alpha value is -2.58. The van der Waals surface area contributed by atoms with Crippen LogP contribution in [0, 0.1) is 0 Å². The number of aliphatic imine (C=N–C) groups is 1. The van der Waals surface area contributed by atoms with Crippen LogP contribution in [0.1, 0.15) is 12.5 Å². The first-order chi connectivity index (χ1) is 14.9. The summed E-state index contributed by atoms with van der Waals surface area (Å²) in [4.78, 5) is 26.1. The predicted molar refractivity (Wildman–Crippen MR) is 127 cm³/mol. The topological polar surface area (TPSA) is 88.0 Å². The Balaban J connectivity index is 0.000000628. The van der Waals surface area contributed by atoms with Crippen molar-refractivity contribution in [1.82, 2.24) is 0 Å². The van der Waals surface area contributed by atoms with Gasteiger partial charge in [0.15, 0.2) is 0 Å². The average Bonchev–Trinajstić information content (AvgIpc) is 3.07. The first-order valence-corrected chi connectivity index (χ1v) is 11.3. The van der Waals surface area contributed by atoms with E-state index in [0.717, 1.165) is 62.6 Å². The molecular formula is C23H19N2NaO4S. The molecule has 0 radical (unpaired) electrons. The van der Waals surface area contributed by atoms with Crippen molar-refractivity contribution in [2.75, 3.05) is 12.4 Å². The zero-order valence-electron chi connectivity index (χ0n) is 17.4. The molecule has 2 N–H and O–H groups in total. The summed E-state index contributed by atoms with van der Waals surface area (Å²) in [6, 6.07) is 20.3. The number of carboxylic acids is 1. The van der Waals surface area contributed by atoms with Crippen LogP contribution in [-0.4, -0.2) is 57.2 Å². The molecule has 1 heterocycles. The number of amidine groups is 1. The number of nitrogens with zero attached hydrogens (tertiary/aromatic N) is 1. The quantitative estimate of drug-likeness (QED) is 0.474. The van der Waals surface area contributed by atoms with E-state index in [1.807, 2.05) is 54.6 Å². The average molecular weight is 442 g/mol. The number of carboxylic acid groups (broad SMARTS) is 1. The van der Waals surface area contributed by atoms with Gasteiger partial charge in [-0.2, -0.15) is 0 Å². The van der Waals surface area contributed by atoms with Gasteiger partial charge in [0.25, 0.3) is 5.97 Å². The van der Waals surface area contributed by atoms with Gasteiger partial charge in [-0.15, -0.1) is 0 Å². The Morgan fingerprint density at radius 3 is 2.35 bits per heavy atom. The van der Waals surface area contributed by atoms with Crippen LogP contribution < -0.4 is 12.9 Å². The second-order valence-electron chi connectivity index (χ2n) is 6.78. The van der Waals surface area contributed by atoms with Crippen molar-refractivity contribution in [3.63, 3.8) is 0 Å². The van der Waals surface area contributed by atoms with E-state index in [1.165, 1.54) is 14.6 Å². The van der Waals surface area contributed by atoms with Gasteiger partial charge in [-0.1, -0.05) is 24.3 Å². The van der Waals surface area contributed by atoms with Crippen molar-refractivity contribution in [3.05, 3.63) is 71.1 Å². The number of hydrogen-bond donors (Lipinski definition) is 2. The standard InChI is InChI=1S/C21H15N2O2S.C2H4O2.Na/c1-25-18-12-15-8-6-5-7-14(15)11-16(18)13-19-20(24)23-21(26-19)22-17-9-3-2-4-10-17;1-2(3)4;/h3-13H,1H3,(H,22,23,24);1H3,(H,3,4);/b19-13-;;. The molecule has 3 aromatic carbocycles. The molecule has 0 bridgehead atoms. The van der Waals surface area contributed by atoms with E-state index in [0.29, 0.717) is 10.1 Å². The molecule has 0 saturated carbocycles. The molecule has 152 valence electrons. The molecule has 6 nitrogen and oxygen atoms in total. The molecule has 1 amide bonds. The van der Waals surface area contributed by atoms with Gasteiger partial charge in [-0.25, -0.2) is 0 Å². The summed E-state index contributed by atoms with van der Waals surface area (Å²) < 4.78 is 6.84. The Morgan fingerprint density at radius 2 is 1.74 bits per heavy atom. The summed E-state index contributed by atoms with van der Waals surface area (Å²) in [5.74, 6) is -0.337. The maximum atomic E-state index is 12.3. The van der Waals surface area contributed by atoms with Gasteiger partial charge in [-0.3, -0.25) is 4.79 Å². The van der Waals surface area contributed by atoms with Gasteiger partial charge in [0.1, 0.15) is 0 Å². The van der Waals surface area contributed by atoms with Crippen LogP contribution >= 0.6 is 11.8 Å². The summed E-state index contributed by atoms with van der Waals surface area (Å²) in [5, 5.41) is 13.4. The fourth-order valence-corrected chi connectivity index (χ4v) is 4.05. The van der Waals surface area contributed by atoms with Crippen molar-refractivity contribution >= 4 is 82.1 Å². The minimum absolute atomic E-state index is 0.239. The molecule has 0 spiro atoms. The molecule has 4 rings (SSSR count). The van der Waals surface area contributed by atoms with E-state index in [1.54, 1.807) is 7.11 Å². The summed E-state index contributed by atoms with van der Waals surface area (Å²) in [6.45, 7) is 1.08. The second-order valence-corrected chi connectivity index (χ2v) is 8.97. The Labute approximate surface area is 201 Å². The second kappa shape index (κ2) is 10.6. The molecule has 1 aliphatic rings. The number of nitrogens with one attached hydrogen (secondary N) is 1. The van der Waals surface area contributed by atoms with Crippen LogP contribution in [0.15, 0.2) is 70.6 Å². The van der Waals surface area contributed by atoms with Crippen LogP contribution in [-0.2, 0) is 9.59 Å². The number of thioether (sulfide) groups is 1. The number of methoxy groups -OCH3 is 1. The summed E-state index contributed by atoms with van der Waals surface area (Å²) in [7, 11) is 1.64. The molecule has 0 aliphatic carbocycles. The molecule has 8 heteroatoms. The number of aliphatic carboxylic acids is 1. The third-order valence-electron chi connectivity index (χ3n) is 4.31. The number of amides is 1. The summed E-state index contributed by atoms with van der Waals surface area (Å²) >= 11 is 2.36. The van der Waals surface area contributed by atoms with Gasteiger partial charge < -0.3 is 5.11 Å². The maximum absolute atomic E-state index is 12.3. The zero-order chi connectivity index (χ0) is 22.4. The SMILES string of the molecule is CC(=O)O.COc1cc2ccccc2cc1/C=C1\SC(Nc2cc[c]([Na])cc2)=NC1=O. The normalized spacial score (nSPS) is 14.1. The van der Waals surface area contributed by atoms with E-state index < -0.39 is 5.97 Å². The first kappa shape index (κ1) is 23.1. The molecule has 0 atom stereocenters. The van der Waals surface area contributed by atoms with Crippen molar-refractivity contribution in [1.29, 1.82) is 0 Å². The number of rotatable bonds is 3. The van der Waals surface area contributed by atoms with Crippen LogP contribution in [0.25, 0.3) is 16.8 Å². The summed E-state index contributed by atoms with van der Waals surface area (Å²) in [6.07, 6.45) is 1.84. The molecule has 0 unspecified atom stereocenters. The molecular weight excluding hydrogens is 423 g/mol. The van der Waals surface area contributed by atoms with Gasteiger partial charge in [0, 0.05) is 6.92 Å². The number of hydrogen-bond acceptors (Lipinski definition) is 5. The first-order valence-electron chi connectivity index (χ1n) is 9.48. The minimum atomic E-state index is -0.833. The van der Waals surface area contributed by atoms with Crippen LogP contribution in [0.5, 0.6) is 5.75 Å². The van der Waals surface area contributed by atoms with Crippen molar-refractivity contribution < 1.29 is 19.4 Å². The number of anilines is 1. The molecule has 3 aromatic rings. The van der Waals surface area contributed by atoms with Gasteiger partial charge in [0.2, 0.25) is 0 Å². The van der Waals surface area contributed by atoms with E-state index in [4.69, 9.17) is 14.6 Å². The number of ether oxygens (including phenoxy) is 1. The van der Waals surface area contributed by atoms with Crippen molar-refractivity contribution in [2.24, 2.45) is 4.99 Å². The van der Waals surface area contributed by atoms with Crippen molar-refractivity contribution in [3.8, 4) is 5.75 Å².